The molecule has 200 valence electrons. The average Bonchev–Trinajstić information content (AvgIpc) is 3.16. The summed E-state index contributed by atoms with van der Waals surface area (Å²) in [7, 11) is 3.26. The summed E-state index contributed by atoms with van der Waals surface area (Å²) >= 11 is 0. The van der Waals surface area contributed by atoms with Crippen LogP contribution in [-0.4, -0.2) is 25.9 Å². The van der Waals surface area contributed by atoms with Gasteiger partial charge in [0.05, 0.1) is 31.6 Å². The van der Waals surface area contributed by atoms with E-state index >= 15 is 0 Å². The molecule has 6 nitrogen and oxygen atoms in total. The fourth-order valence-corrected chi connectivity index (χ4v) is 5.77. The van der Waals surface area contributed by atoms with E-state index in [1.54, 1.807) is 19.1 Å². The maximum absolute atomic E-state index is 14.3. The first-order valence-electron chi connectivity index (χ1n) is 13.4. The van der Waals surface area contributed by atoms with Gasteiger partial charge in [-0.2, -0.15) is 0 Å². The highest BCUT2D eigenvalue weighted by Crippen LogP contribution is 2.48. The maximum atomic E-state index is 14.3. The van der Waals surface area contributed by atoms with Gasteiger partial charge in [-0.1, -0.05) is 54.6 Å². The molecule has 4 aromatic carbocycles. The van der Waals surface area contributed by atoms with Crippen LogP contribution in [-0.2, 0) is 4.79 Å². The smallest absolute Gasteiger partial charge is 0.259 e. The number of allylic oxidation sites excluding steroid dienone is 1. The number of fused-ring (bicyclic) bond motifs is 1. The van der Waals surface area contributed by atoms with Crippen LogP contribution < -0.4 is 19.7 Å². The third kappa shape index (κ3) is 4.62. The molecule has 0 saturated heterocycles. The number of rotatable bonds is 5. The van der Waals surface area contributed by atoms with Gasteiger partial charge in [0.1, 0.15) is 11.5 Å². The van der Waals surface area contributed by atoms with Crippen molar-refractivity contribution in [2.75, 3.05) is 24.4 Å². The number of hydrogen-bond acceptors (Lipinski definition) is 5. The minimum Gasteiger partial charge on any atom is -0.497 e. The van der Waals surface area contributed by atoms with Gasteiger partial charge in [-0.25, -0.2) is 0 Å². The number of nitrogens with one attached hydrogen (secondary N) is 1. The third-order valence-electron chi connectivity index (χ3n) is 7.72. The van der Waals surface area contributed by atoms with Crippen molar-refractivity contribution in [3.8, 4) is 11.5 Å². The number of nitrogens with zero attached hydrogens (tertiary/aromatic N) is 1. The Balaban J connectivity index is 1.54. The Morgan fingerprint density at radius 3 is 2.25 bits per heavy atom. The van der Waals surface area contributed by atoms with Crippen molar-refractivity contribution < 1.29 is 19.1 Å². The van der Waals surface area contributed by atoms with Gasteiger partial charge < -0.3 is 14.8 Å². The number of amides is 1. The first-order valence-corrected chi connectivity index (χ1v) is 13.4. The molecule has 1 aliphatic carbocycles. The lowest BCUT2D eigenvalue weighted by molar-refractivity contribution is -0.116. The van der Waals surface area contributed by atoms with E-state index in [1.165, 1.54) is 0 Å². The summed E-state index contributed by atoms with van der Waals surface area (Å²) in [4.78, 5) is 30.3. The predicted molar refractivity (Wildman–Crippen MR) is 156 cm³/mol. The van der Waals surface area contributed by atoms with Gasteiger partial charge in [-0.05, 0) is 72.0 Å². The van der Waals surface area contributed by atoms with E-state index in [9.17, 15) is 9.59 Å². The van der Waals surface area contributed by atoms with Gasteiger partial charge in [-0.3, -0.25) is 14.5 Å². The molecular formula is C34H30N2O4. The van der Waals surface area contributed by atoms with Crippen LogP contribution in [0.2, 0.25) is 0 Å². The van der Waals surface area contributed by atoms with Crippen molar-refractivity contribution in [1.29, 1.82) is 0 Å². The normalized spacial score (nSPS) is 18.2. The molecule has 4 aromatic rings. The highest BCUT2D eigenvalue weighted by atomic mass is 16.5. The summed E-state index contributed by atoms with van der Waals surface area (Å²) in [6.07, 6.45) is 0.979. The molecular weight excluding hydrogens is 500 g/mol. The van der Waals surface area contributed by atoms with Crippen LogP contribution in [0.25, 0.3) is 0 Å². The van der Waals surface area contributed by atoms with E-state index in [0.717, 1.165) is 28.3 Å². The zero-order valence-electron chi connectivity index (χ0n) is 22.5. The van der Waals surface area contributed by atoms with Gasteiger partial charge in [0.2, 0.25) is 0 Å². The molecule has 6 rings (SSSR count). The number of carbonyl (C=O) groups is 2. The molecule has 6 heteroatoms. The second-order valence-electron chi connectivity index (χ2n) is 10.1. The zero-order chi connectivity index (χ0) is 27.6. The van der Waals surface area contributed by atoms with Gasteiger partial charge >= 0.3 is 0 Å². The van der Waals surface area contributed by atoms with E-state index in [4.69, 9.17) is 9.47 Å². The van der Waals surface area contributed by atoms with Crippen LogP contribution in [0, 0.1) is 0 Å². The third-order valence-corrected chi connectivity index (χ3v) is 7.72. The molecule has 40 heavy (non-hydrogen) atoms. The summed E-state index contributed by atoms with van der Waals surface area (Å²) in [5.74, 6) is 1.28. The number of Topliss-reactive ketones (excluding diaryl/α,β-unsaturated/α-hetero) is 1. The Hall–Kier alpha value is -4.84. The number of anilines is 2. The molecule has 0 saturated carbocycles. The van der Waals surface area contributed by atoms with Crippen LogP contribution in [0.3, 0.4) is 0 Å². The number of ether oxygens (including phenoxy) is 2. The van der Waals surface area contributed by atoms with Gasteiger partial charge in [0.15, 0.2) is 5.78 Å². The molecule has 0 unspecified atom stereocenters. The van der Waals surface area contributed by atoms with Crippen molar-refractivity contribution in [3.63, 3.8) is 0 Å². The first-order chi connectivity index (χ1) is 19.6. The molecule has 2 atom stereocenters. The lowest BCUT2D eigenvalue weighted by Gasteiger charge is -2.35. The molecule has 0 aromatic heterocycles. The van der Waals surface area contributed by atoms with E-state index in [1.807, 2.05) is 103 Å². The Kier molecular flexibility index (Phi) is 6.83. The van der Waals surface area contributed by atoms with Crippen molar-refractivity contribution >= 4 is 23.1 Å². The number of benzene rings is 4. The molecule has 2 aliphatic rings. The van der Waals surface area contributed by atoms with Crippen LogP contribution in [0.4, 0.5) is 11.4 Å². The minimum atomic E-state index is -0.640. The highest BCUT2D eigenvalue weighted by molar-refractivity contribution is 6.12. The van der Waals surface area contributed by atoms with E-state index < -0.39 is 6.04 Å². The molecule has 0 fully saturated rings. The Morgan fingerprint density at radius 1 is 0.775 bits per heavy atom. The fraction of sp³-hybridized carbons (Fsp3) is 0.176. The lowest BCUT2D eigenvalue weighted by atomic mass is 9.78. The predicted octanol–water partition coefficient (Wildman–Crippen LogP) is 6.92. The first kappa shape index (κ1) is 25.4. The molecule has 1 aliphatic heterocycles. The van der Waals surface area contributed by atoms with Crippen molar-refractivity contribution in [1.82, 2.24) is 0 Å². The maximum Gasteiger partial charge on any atom is 0.259 e. The quantitative estimate of drug-likeness (QED) is 0.303. The average molecular weight is 531 g/mol. The molecule has 1 heterocycles. The Bertz CT molecular complexity index is 1590. The second kappa shape index (κ2) is 10.7. The van der Waals surface area contributed by atoms with Crippen molar-refractivity contribution in [2.45, 2.75) is 24.8 Å². The number of methoxy groups -OCH3 is 2. The largest absolute Gasteiger partial charge is 0.497 e. The second-order valence-corrected chi connectivity index (χ2v) is 10.1. The van der Waals surface area contributed by atoms with Crippen LogP contribution >= 0.6 is 0 Å². The van der Waals surface area contributed by atoms with Crippen LogP contribution in [0.5, 0.6) is 11.5 Å². The number of hydrogen-bond donors (Lipinski definition) is 1. The summed E-state index contributed by atoms with van der Waals surface area (Å²) in [6, 6.07) is 31.9. The number of carbonyl (C=O) groups excluding carboxylic acids is 2. The van der Waals surface area contributed by atoms with E-state index in [-0.39, 0.29) is 17.6 Å². The molecule has 0 radical (unpaired) electrons. The number of ketones is 1. The number of para-hydroxylation sites is 2. The van der Waals surface area contributed by atoms with Gasteiger partial charge in [0.25, 0.3) is 5.91 Å². The molecule has 1 N–H and O–H groups in total. The molecule has 0 spiro atoms. The highest BCUT2D eigenvalue weighted by Gasteiger charge is 2.42. The van der Waals surface area contributed by atoms with Crippen LogP contribution in [0.1, 0.15) is 46.3 Å². The summed E-state index contributed by atoms with van der Waals surface area (Å²) < 4.78 is 10.9. The molecule has 1 amide bonds. The SMILES string of the molecule is COc1ccc([C@@H]2CC(=O)C3=C(C2)Nc2ccccc2N(C(=O)c2ccccc2)[C@@H]3c2cccc(OC)c2)cc1. The zero-order valence-corrected chi connectivity index (χ0v) is 22.5. The monoisotopic (exact) mass is 530 g/mol. The van der Waals surface area contributed by atoms with Crippen molar-refractivity contribution in [2.24, 2.45) is 0 Å². The lowest BCUT2D eigenvalue weighted by Crippen LogP contribution is -2.38. The summed E-state index contributed by atoms with van der Waals surface area (Å²) in [5, 5.41) is 3.59. The van der Waals surface area contributed by atoms with E-state index in [0.29, 0.717) is 35.4 Å². The summed E-state index contributed by atoms with van der Waals surface area (Å²) in [6.45, 7) is 0. The van der Waals surface area contributed by atoms with Crippen LogP contribution in [0.15, 0.2) is 114 Å². The Labute approximate surface area is 233 Å². The Morgan fingerprint density at radius 2 is 1.50 bits per heavy atom. The fourth-order valence-electron chi connectivity index (χ4n) is 5.77. The topological polar surface area (TPSA) is 67.9 Å². The van der Waals surface area contributed by atoms with Gasteiger partial charge in [-0.15, -0.1) is 0 Å². The molecule has 0 bridgehead atoms. The standard InChI is InChI=1S/C34H30N2O4/c1-39-26-17-15-22(16-18-26)25-20-29-32(31(37)21-25)33(24-11-8-12-27(19-24)40-2)36(30-14-7-6-13-28(30)35-29)34(38)23-9-4-3-5-10-23/h3-19,25,33,35H,20-21H2,1-2H3/t25-,33+/m0/s1. The van der Waals surface area contributed by atoms with Gasteiger partial charge in [0, 0.05) is 23.3 Å². The minimum absolute atomic E-state index is 0.000785. The van der Waals surface area contributed by atoms with E-state index in [2.05, 4.69) is 5.32 Å². The van der Waals surface area contributed by atoms with Crippen molar-refractivity contribution in [3.05, 3.63) is 131 Å². The summed E-state index contributed by atoms with van der Waals surface area (Å²) in [5.41, 5.74) is 5.38.